The molecule has 3 N–H and O–H groups in total. The molecule has 0 aromatic heterocycles. The smallest absolute Gasteiger partial charge is 0.256 e. The van der Waals surface area contributed by atoms with Crippen LogP contribution in [0.15, 0.2) is 11.6 Å². The fraction of sp³-hybridized carbons (Fsp3) is 0.333. The number of rotatable bonds is 2. The summed E-state index contributed by atoms with van der Waals surface area (Å²) in [5.41, 5.74) is -0.0856. The lowest BCUT2D eigenvalue weighted by Crippen LogP contribution is -2.27. The molecule has 5 heteroatoms. The Hall–Kier alpha value is -1.20. The minimum atomic E-state index is -1.26. The van der Waals surface area contributed by atoms with Gasteiger partial charge in [0.2, 0.25) is 0 Å². The van der Waals surface area contributed by atoms with Crippen LogP contribution in [0.25, 0.3) is 0 Å². The first-order valence-electron chi connectivity index (χ1n) is 3.01. The van der Waals surface area contributed by atoms with Crippen LogP contribution in [0.3, 0.4) is 0 Å². The number of aliphatic hydroxyl groups is 2. The third kappa shape index (κ3) is 1.44. The van der Waals surface area contributed by atoms with Gasteiger partial charge in [-0.3, -0.25) is 14.9 Å². The average Bonchev–Trinajstić information content (AvgIpc) is 2.28. The van der Waals surface area contributed by atoms with Gasteiger partial charge in [0.05, 0.1) is 12.2 Å². The number of hydrogen-bond acceptors (Lipinski definition) is 4. The SMILES string of the molecule is O=C1C=C(C(O)CO)C(=O)N1. The van der Waals surface area contributed by atoms with Crippen LogP contribution in [0.2, 0.25) is 0 Å². The maximum absolute atomic E-state index is 10.7. The summed E-state index contributed by atoms with van der Waals surface area (Å²) in [5, 5.41) is 19.3. The van der Waals surface area contributed by atoms with Crippen LogP contribution in [0.1, 0.15) is 0 Å². The molecule has 0 aromatic carbocycles. The molecule has 0 saturated heterocycles. The molecule has 0 aromatic rings. The van der Waals surface area contributed by atoms with E-state index in [1.54, 1.807) is 0 Å². The van der Waals surface area contributed by atoms with Gasteiger partial charge in [-0.15, -0.1) is 0 Å². The Bertz CT molecular complexity index is 233. The molecule has 0 aliphatic carbocycles. The first kappa shape index (κ1) is 7.90. The second-order valence-corrected chi connectivity index (χ2v) is 2.12. The minimum absolute atomic E-state index is 0.0856. The molecule has 1 aliphatic rings. The third-order valence-electron chi connectivity index (χ3n) is 1.32. The number of amides is 2. The van der Waals surface area contributed by atoms with Gasteiger partial charge in [0.25, 0.3) is 11.8 Å². The summed E-state index contributed by atoms with van der Waals surface area (Å²) < 4.78 is 0. The van der Waals surface area contributed by atoms with Gasteiger partial charge < -0.3 is 10.2 Å². The number of aliphatic hydroxyl groups excluding tert-OH is 2. The van der Waals surface area contributed by atoms with Gasteiger partial charge in [-0.25, -0.2) is 0 Å². The van der Waals surface area contributed by atoms with Crippen molar-refractivity contribution in [2.75, 3.05) is 6.61 Å². The predicted octanol–water partition coefficient (Wildman–Crippen LogP) is -2.08. The molecule has 0 radical (unpaired) electrons. The second kappa shape index (κ2) is 2.81. The van der Waals surface area contributed by atoms with E-state index in [1.165, 1.54) is 0 Å². The van der Waals surface area contributed by atoms with Gasteiger partial charge in [-0.05, 0) is 0 Å². The van der Waals surface area contributed by atoms with E-state index in [0.717, 1.165) is 6.08 Å². The summed E-state index contributed by atoms with van der Waals surface area (Å²) in [6, 6.07) is 0. The van der Waals surface area contributed by atoms with Gasteiger partial charge in [0.15, 0.2) is 0 Å². The molecule has 60 valence electrons. The average molecular weight is 157 g/mol. The van der Waals surface area contributed by atoms with Gasteiger partial charge in [-0.2, -0.15) is 0 Å². The van der Waals surface area contributed by atoms with E-state index in [2.05, 4.69) is 0 Å². The summed E-state index contributed by atoms with van der Waals surface area (Å²) in [6.45, 7) is -0.563. The van der Waals surface area contributed by atoms with Gasteiger partial charge in [0, 0.05) is 6.08 Å². The largest absolute Gasteiger partial charge is 0.393 e. The maximum Gasteiger partial charge on any atom is 0.256 e. The number of carbonyl (C=O) groups excluding carboxylic acids is 2. The Morgan fingerprint density at radius 3 is 2.55 bits per heavy atom. The van der Waals surface area contributed by atoms with Crippen molar-refractivity contribution in [3.8, 4) is 0 Å². The summed E-state index contributed by atoms with van der Waals surface area (Å²) >= 11 is 0. The van der Waals surface area contributed by atoms with Crippen LogP contribution >= 0.6 is 0 Å². The van der Waals surface area contributed by atoms with E-state index in [-0.39, 0.29) is 5.57 Å². The van der Waals surface area contributed by atoms with E-state index in [0.29, 0.717) is 0 Å². The van der Waals surface area contributed by atoms with Crippen molar-refractivity contribution in [2.45, 2.75) is 6.10 Å². The molecule has 0 spiro atoms. The lowest BCUT2D eigenvalue weighted by atomic mass is 10.1. The molecule has 2 amide bonds. The number of imide groups is 1. The van der Waals surface area contributed by atoms with Crippen LogP contribution in [0.5, 0.6) is 0 Å². The maximum atomic E-state index is 10.7. The molecule has 1 unspecified atom stereocenters. The van der Waals surface area contributed by atoms with E-state index in [9.17, 15) is 9.59 Å². The van der Waals surface area contributed by atoms with Crippen LogP contribution in [-0.4, -0.2) is 34.7 Å². The molecule has 0 saturated carbocycles. The van der Waals surface area contributed by atoms with Crippen LogP contribution in [-0.2, 0) is 9.59 Å². The highest BCUT2D eigenvalue weighted by Crippen LogP contribution is 2.06. The zero-order valence-electron chi connectivity index (χ0n) is 5.57. The fourth-order valence-electron chi connectivity index (χ4n) is 0.773. The minimum Gasteiger partial charge on any atom is -0.393 e. The first-order chi connectivity index (χ1) is 5.15. The number of carbonyl (C=O) groups is 2. The monoisotopic (exact) mass is 157 g/mol. The van der Waals surface area contributed by atoms with Crippen molar-refractivity contribution in [1.82, 2.24) is 5.32 Å². The highest BCUT2D eigenvalue weighted by molar-refractivity contribution is 6.16. The molecular formula is C6H7NO4. The van der Waals surface area contributed by atoms with Crippen molar-refractivity contribution in [3.63, 3.8) is 0 Å². The van der Waals surface area contributed by atoms with Crippen molar-refractivity contribution in [2.24, 2.45) is 0 Å². The van der Waals surface area contributed by atoms with E-state index in [1.807, 2.05) is 5.32 Å². The predicted molar refractivity (Wildman–Crippen MR) is 34.3 cm³/mol. The lowest BCUT2D eigenvalue weighted by molar-refractivity contribution is -0.124. The quantitative estimate of drug-likeness (QED) is 0.401. The zero-order chi connectivity index (χ0) is 8.43. The van der Waals surface area contributed by atoms with Crippen molar-refractivity contribution < 1.29 is 19.8 Å². The summed E-state index contributed by atoms with van der Waals surface area (Å²) in [7, 11) is 0. The molecule has 1 aliphatic heterocycles. The van der Waals surface area contributed by atoms with Crippen molar-refractivity contribution in [3.05, 3.63) is 11.6 Å². The molecule has 0 bridgehead atoms. The van der Waals surface area contributed by atoms with Crippen LogP contribution in [0.4, 0.5) is 0 Å². The summed E-state index contributed by atoms with van der Waals surface area (Å²) in [4.78, 5) is 21.2. The van der Waals surface area contributed by atoms with E-state index < -0.39 is 24.5 Å². The number of nitrogens with one attached hydrogen (secondary N) is 1. The normalized spacial score (nSPS) is 19.6. The fourth-order valence-corrected chi connectivity index (χ4v) is 0.773. The van der Waals surface area contributed by atoms with E-state index in [4.69, 9.17) is 10.2 Å². The van der Waals surface area contributed by atoms with E-state index >= 15 is 0 Å². The second-order valence-electron chi connectivity index (χ2n) is 2.12. The first-order valence-corrected chi connectivity index (χ1v) is 3.01. The van der Waals surface area contributed by atoms with Crippen molar-refractivity contribution >= 4 is 11.8 Å². The highest BCUT2D eigenvalue weighted by Gasteiger charge is 2.25. The number of hydrogen-bond donors (Lipinski definition) is 3. The third-order valence-corrected chi connectivity index (χ3v) is 1.32. The Labute approximate surface area is 62.3 Å². The topological polar surface area (TPSA) is 86.6 Å². The van der Waals surface area contributed by atoms with Crippen molar-refractivity contribution in [1.29, 1.82) is 0 Å². The Morgan fingerprint density at radius 1 is 1.55 bits per heavy atom. The molecular weight excluding hydrogens is 150 g/mol. The standard InChI is InChI=1S/C6H7NO4/c8-2-4(9)3-1-5(10)7-6(3)11/h1,4,8-9H,2H2,(H,7,10,11). The van der Waals surface area contributed by atoms with Gasteiger partial charge in [-0.1, -0.05) is 0 Å². The van der Waals surface area contributed by atoms with Crippen LogP contribution < -0.4 is 5.32 Å². The summed E-state index contributed by atoms with van der Waals surface area (Å²) in [6.07, 6.45) is -0.287. The molecule has 11 heavy (non-hydrogen) atoms. The van der Waals surface area contributed by atoms with Gasteiger partial charge in [0.1, 0.15) is 6.10 Å². The molecule has 1 atom stereocenters. The van der Waals surface area contributed by atoms with Gasteiger partial charge >= 0.3 is 0 Å². The Balaban J connectivity index is 2.79. The summed E-state index contributed by atoms with van der Waals surface area (Å²) in [5.74, 6) is -1.20. The lowest BCUT2D eigenvalue weighted by Gasteiger charge is -2.04. The van der Waals surface area contributed by atoms with Crippen LogP contribution in [0, 0.1) is 0 Å². The molecule has 1 heterocycles. The molecule has 5 nitrogen and oxygen atoms in total. The molecule has 0 fully saturated rings. The zero-order valence-corrected chi connectivity index (χ0v) is 5.57. The Morgan fingerprint density at radius 2 is 2.18 bits per heavy atom. The Kier molecular flexibility index (Phi) is 2.02. The molecule has 1 rings (SSSR count). The highest BCUT2D eigenvalue weighted by atomic mass is 16.3.